The minimum atomic E-state index is -4.62. The first-order valence-electron chi connectivity index (χ1n) is 4.68. The SMILES string of the molecule is C/C=C(\C(=N)c1cc(S(C)(=O)=O)cs1)C(F)(F)F. The Hall–Kier alpha value is -1.15. The summed E-state index contributed by atoms with van der Waals surface area (Å²) in [7, 11) is -3.47. The lowest BCUT2D eigenvalue weighted by molar-refractivity contribution is -0.0861. The van der Waals surface area contributed by atoms with Crippen molar-refractivity contribution in [1.82, 2.24) is 0 Å². The van der Waals surface area contributed by atoms with Gasteiger partial charge >= 0.3 is 6.18 Å². The Morgan fingerprint density at radius 3 is 2.33 bits per heavy atom. The van der Waals surface area contributed by atoms with Crippen molar-refractivity contribution in [3.8, 4) is 0 Å². The molecule has 0 aliphatic rings. The molecule has 0 saturated carbocycles. The van der Waals surface area contributed by atoms with Gasteiger partial charge in [-0.2, -0.15) is 13.2 Å². The highest BCUT2D eigenvalue weighted by Gasteiger charge is 2.36. The van der Waals surface area contributed by atoms with E-state index in [2.05, 4.69) is 0 Å². The smallest absolute Gasteiger partial charge is 0.299 e. The molecule has 1 rings (SSSR count). The van der Waals surface area contributed by atoms with Gasteiger partial charge in [0.05, 0.1) is 21.1 Å². The molecule has 0 aliphatic carbocycles. The van der Waals surface area contributed by atoms with Crippen LogP contribution in [0.1, 0.15) is 11.8 Å². The zero-order valence-corrected chi connectivity index (χ0v) is 11.1. The van der Waals surface area contributed by atoms with Gasteiger partial charge < -0.3 is 0 Å². The first kappa shape index (κ1) is 14.9. The molecule has 1 aromatic rings. The van der Waals surface area contributed by atoms with Crippen molar-refractivity contribution >= 4 is 26.9 Å². The van der Waals surface area contributed by atoms with E-state index in [1.807, 2.05) is 0 Å². The van der Waals surface area contributed by atoms with Crippen LogP contribution in [-0.4, -0.2) is 26.6 Å². The van der Waals surface area contributed by atoms with E-state index in [1.165, 1.54) is 12.3 Å². The third-order valence-corrected chi connectivity index (χ3v) is 4.30. The van der Waals surface area contributed by atoms with E-state index in [0.29, 0.717) is 0 Å². The van der Waals surface area contributed by atoms with Crippen LogP contribution in [0, 0.1) is 5.41 Å². The lowest BCUT2D eigenvalue weighted by Gasteiger charge is -2.10. The fraction of sp³-hybridized carbons (Fsp3) is 0.300. The number of nitrogens with one attached hydrogen (secondary N) is 1. The van der Waals surface area contributed by atoms with Gasteiger partial charge in [0, 0.05) is 11.6 Å². The standard InChI is InChI=1S/C10H10F3NO2S2/c1-3-7(10(11,12)13)9(14)8-4-6(5-17-8)18(2,15)16/h3-5,14H,1-2H3/b7-3+,14-9?. The molecule has 0 bridgehead atoms. The second kappa shape index (κ2) is 4.85. The molecule has 100 valence electrons. The van der Waals surface area contributed by atoms with Gasteiger partial charge in [-0.3, -0.25) is 5.41 Å². The third kappa shape index (κ3) is 3.20. The van der Waals surface area contributed by atoms with Gasteiger partial charge in [0.15, 0.2) is 9.84 Å². The summed E-state index contributed by atoms with van der Waals surface area (Å²) in [6, 6.07) is 1.08. The number of thiophene rings is 1. The van der Waals surface area contributed by atoms with Crippen molar-refractivity contribution in [2.75, 3.05) is 6.26 Å². The van der Waals surface area contributed by atoms with Crippen LogP contribution in [0.15, 0.2) is 28.0 Å². The highest BCUT2D eigenvalue weighted by atomic mass is 32.2. The van der Waals surface area contributed by atoms with Gasteiger partial charge in [0.2, 0.25) is 0 Å². The van der Waals surface area contributed by atoms with E-state index in [1.54, 1.807) is 0 Å². The first-order chi connectivity index (χ1) is 8.07. The molecule has 0 aliphatic heterocycles. The summed E-state index contributed by atoms with van der Waals surface area (Å²) in [6.45, 7) is 1.18. The van der Waals surface area contributed by atoms with E-state index in [-0.39, 0.29) is 9.77 Å². The summed E-state index contributed by atoms with van der Waals surface area (Å²) in [5, 5.41) is 8.71. The van der Waals surface area contributed by atoms with Crippen molar-refractivity contribution in [3.63, 3.8) is 0 Å². The van der Waals surface area contributed by atoms with Crippen LogP contribution in [0.25, 0.3) is 0 Å². The van der Waals surface area contributed by atoms with Gasteiger partial charge in [0.1, 0.15) is 0 Å². The van der Waals surface area contributed by atoms with Crippen LogP contribution in [0.3, 0.4) is 0 Å². The maximum absolute atomic E-state index is 12.6. The zero-order valence-electron chi connectivity index (χ0n) is 9.50. The molecular formula is C10H10F3NO2S2. The van der Waals surface area contributed by atoms with Crippen molar-refractivity contribution in [1.29, 1.82) is 5.41 Å². The second-order valence-electron chi connectivity index (χ2n) is 3.49. The normalized spacial score (nSPS) is 13.7. The summed E-state index contributed by atoms with van der Waals surface area (Å²) >= 11 is 0.800. The minimum absolute atomic E-state index is 0.0270. The molecule has 1 aromatic heterocycles. The number of rotatable bonds is 3. The Labute approximate surface area is 106 Å². The van der Waals surface area contributed by atoms with Crippen LogP contribution in [-0.2, 0) is 9.84 Å². The quantitative estimate of drug-likeness (QED) is 0.872. The predicted molar refractivity (Wildman–Crippen MR) is 64.1 cm³/mol. The molecule has 0 spiro atoms. The number of alkyl halides is 3. The van der Waals surface area contributed by atoms with Crippen LogP contribution in [0.4, 0.5) is 13.2 Å². The summed E-state index contributed by atoms with van der Waals surface area (Å²) in [5.41, 5.74) is -1.80. The molecule has 0 saturated heterocycles. The molecule has 8 heteroatoms. The van der Waals surface area contributed by atoms with Crippen LogP contribution in [0.2, 0.25) is 0 Å². The maximum Gasteiger partial charge on any atom is 0.418 e. The van der Waals surface area contributed by atoms with E-state index >= 15 is 0 Å². The van der Waals surface area contributed by atoms with Gasteiger partial charge in [-0.1, -0.05) is 6.08 Å². The van der Waals surface area contributed by atoms with Crippen LogP contribution >= 0.6 is 11.3 Å². The van der Waals surface area contributed by atoms with Crippen LogP contribution < -0.4 is 0 Å². The lowest BCUT2D eigenvalue weighted by Crippen LogP contribution is -2.19. The molecule has 0 aromatic carbocycles. The number of sulfone groups is 1. The van der Waals surface area contributed by atoms with Gasteiger partial charge in [-0.25, -0.2) is 8.42 Å². The van der Waals surface area contributed by atoms with E-state index < -0.39 is 27.3 Å². The largest absolute Gasteiger partial charge is 0.418 e. The highest BCUT2D eigenvalue weighted by Crippen LogP contribution is 2.30. The van der Waals surface area contributed by atoms with Crippen molar-refractivity contribution in [2.24, 2.45) is 0 Å². The molecule has 0 amide bonds. The molecule has 1 heterocycles. The Morgan fingerprint density at radius 2 is 2.00 bits per heavy atom. The average molecular weight is 297 g/mol. The Balaban J connectivity index is 3.17. The minimum Gasteiger partial charge on any atom is -0.299 e. The predicted octanol–water partition coefficient (Wildman–Crippen LogP) is 3.03. The summed E-state index contributed by atoms with van der Waals surface area (Å²) in [4.78, 5) is -0.106. The Bertz CT molecular complexity index is 597. The average Bonchev–Trinajstić information content (AvgIpc) is 2.63. The number of hydrogen-bond donors (Lipinski definition) is 1. The number of allylic oxidation sites excluding steroid dienone is 2. The molecular weight excluding hydrogens is 287 g/mol. The third-order valence-electron chi connectivity index (χ3n) is 2.11. The van der Waals surface area contributed by atoms with Crippen LogP contribution in [0.5, 0.6) is 0 Å². The molecule has 0 radical (unpaired) electrons. The Kier molecular flexibility index (Phi) is 4.02. The molecule has 1 N–H and O–H groups in total. The summed E-state index contributed by atoms with van der Waals surface area (Å²) in [6.07, 6.45) is -2.87. The number of hydrogen-bond acceptors (Lipinski definition) is 4. The van der Waals surface area contributed by atoms with Crippen molar-refractivity contribution in [2.45, 2.75) is 18.0 Å². The fourth-order valence-corrected chi connectivity index (χ4v) is 3.21. The second-order valence-corrected chi connectivity index (χ2v) is 6.42. The Morgan fingerprint density at radius 1 is 1.44 bits per heavy atom. The zero-order chi connectivity index (χ0) is 14.1. The first-order valence-corrected chi connectivity index (χ1v) is 7.46. The van der Waals surface area contributed by atoms with Crippen molar-refractivity contribution in [3.05, 3.63) is 28.0 Å². The summed E-state index contributed by atoms with van der Waals surface area (Å²) in [5.74, 6) is 0. The van der Waals surface area contributed by atoms with Crippen molar-refractivity contribution < 1.29 is 21.6 Å². The molecule has 0 atom stereocenters. The topological polar surface area (TPSA) is 58.0 Å². The molecule has 0 unspecified atom stereocenters. The summed E-state index contributed by atoms with van der Waals surface area (Å²) < 4.78 is 60.1. The fourth-order valence-electron chi connectivity index (χ4n) is 1.23. The van der Waals surface area contributed by atoms with E-state index in [4.69, 9.17) is 5.41 Å². The maximum atomic E-state index is 12.6. The molecule has 0 fully saturated rings. The van der Waals surface area contributed by atoms with E-state index in [0.717, 1.165) is 29.7 Å². The van der Waals surface area contributed by atoms with Gasteiger partial charge in [-0.05, 0) is 13.0 Å². The highest BCUT2D eigenvalue weighted by molar-refractivity contribution is 7.90. The lowest BCUT2D eigenvalue weighted by atomic mass is 10.1. The molecule has 18 heavy (non-hydrogen) atoms. The van der Waals surface area contributed by atoms with E-state index in [9.17, 15) is 21.6 Å². The van der Waals surface area contributed by atoms with Gasteiger partial charge in [-0.15, -0.1) is 11.3 Å². The number of halogens is 3. The monoisotopic (exact) mass is 297 g/mol. The molecule has 3 nitrogen and oxygen atoms in total. The van der Waals surface area contributed by atoms with Gasteiger partial charge in [0.25, 0.3) is 0 Å².